The minimum atomic E-state index is -3.55. The number of sulfonamides is 1. The van der Waals surface area contributed by atoms with Crippen molar-refractivity contribution in [2.24, 2.45) is 0 Å². The number of ketones is 1. The predicted molar refractivity (Wildman–Crippen MR) is 79.9 cm³/mol. The van der Waals surface area contributed by atoms with Crippen molar-refractivity contribution in [1.82, 2.24) is 10.0 Å². The van der Waals surface area contributed by atoms with E-state index in [1.54, 1.807) is 12.1 Å². The molecule has 1 atom stereocenters. The molecular formula is C13H19ClN2O3S. The van der Waals surface area contributed by atoms with Crippen LogP contribution in [0, 0.1) is 0 Å². The summed E-state index contributed by atoms with van der Waals surface area (Å²) >= 11 is 0. The van der Waals surface area contributed by atoms with Crippen LogP contribution in [0.15, 0.2) is 29.2 Å². The summed E-state index contributed by atoms with van der Waals surface area (Å²) in [4.78, 5) is 11.4. The highest BCUT2D eigenvalue weighted by Gasteiger charge is 2.19. The van der Waals surface area contributed by atoms with Gasteiger partial charge in [-0.2, -0.15) is 0 Å². The van der Waals surface area contributed by atoms with Gasteiger partial charge in [0.05, 0.1) is 4.90 Å². The summed E-state index contributed by atoms with van der Waals surface area (Å²) < 4.78 is 26.8. The Kier molecular flexibility index (Phi) is 6.13. The summed E-state index contributed by atoms with van der Waals surface area (Å²) in [5, 5.41) is 3.23. The Hall–Kier alpha value is -0.950. The summed E-state index contributed by atoms with van der Waals surface area (Å²) in [6.45, 7) is 2.74. The van der Waals surface area contributed by atoms with Crippen LogP contribution in [0.2, 0.25) is 0 Å². The van der Waals surface area contributed by atoms with Gasteiger partial charge in [-0.05, 0) is 38.4 Å². The molecule has 0 aliphatic carbocycles. The van der Waals surface area contributed by atoms with Crippen LogP contribution in [0.25, 0.3) is 0 Å². The van der Waals surface area contributed by atoms with Gasteiger partial charge < -0.3 is 5.32 Å². The summed E-state index contributed by atoms with van der Waals surface area (Å²) in [6.07, 6.45) is 2.06. The fraction of sp³-hybridized carbons (Fsp3) is 0.462. The molecule has 1 aromatic carbocycles. The molecule has 2 rings (SSSR count). The van der Waals surface area contributed by atoms with E-state index in [-0.39, 0.29) is 29.1 Å². The number of hydrogen-bond donors (Lipinski definition) is 2. The fourth-order valence-corrected chi connectivity index (χ4v) is 3.23. The standard InChI is InChI=1S/C13H18N2O3S.ClH/c1-10(16)11-4-2-6-13(8-11)19(17,18)15-9-12-5-3-7-14-12;/h2,4,6,8,12,14-15H,3,5,7,9H2,1H3;1H. The number of hydrogen-bond acceptors (Lipinski definition) is 4. The van der Waals surface area contributed by atoms with E-state index in [2.05, 4.69) is 10.0 Å². The van der Waals surface area contributed by atoms with Crippen molar-refractivity contribution >= 4 is 28.2 Å². The summed E-state index contributed by atoms with van der Waals surface area (Å²) in [6, 6.07) is 6.30. The Labute approximate surface area is 125 Å². The number of carbonyl (C=O) groups excluding carboxylic acids is 1. The lowest BCUT2D eigenvalue weighted by atomic mass is 10.2. The second kappa shape index (κ2) is 7.17. The molecule has 0 bridgehead atoms. The molecule has 0 spiro atoms. The zero-order valence-electron chi connectivity index (χ0n) is 11.3. The third-order valence-electron chi connectivity index (χ3n) is 3.23. The topological polar surface area (TPSA) is 75.3 Å². The average Bonchev–Trinajstić information content (AvgIpc) is 2.90. The first-order valence-corrected chi connectivity index (χ1v) is 7.81. The van der Waals surface area contributed by atoms with Crippen molar-refractivity contribution < 1.29 is 13.2 Å². The van der Waals surface area contributed by atoms with Gasteiger partial charge in [0, 0.05) is 18.2 Å². The normalized spacial score (nSPS) is 18.6. The maximum absolute atomic E-state index is 12.1. The highest BCUT2D eigenvalue weighted by molar-refractivity contribution is 7.89. The third-order valence-corrected chi connectivity index (χ3v) is 4.65. The SMILES string of the molecule is CC(=O)c1cccc(S(=O)(=O)NCC2CCCN2)c1.Cl. The lowest BCUT2D eigenvalue weighted by Gasteiger charge is -2.12. The van der Waals surface area contributed by atoms with E-state index >= 15 is 0 Å². The van der Waals surface area contributed by atoms with Crippen LogP contribution >= 0.6 is 12.4 Å². The van der Waals surface area contributed by atoms with Crippen LogP contribution in [0.3, 0.4) is 0 Å². The number of benzene rings is 1. The van der Waals surface area contributed by atoms with Crippen LogP contribution in [0.4, 0.5) is 0 Å². The van der Waals surface area contributed by atoms with Gasteiger partial charge in [0.15, 0.2) is 5.78 Å². The molecule has 1 unspecified atom stereocenters. The smallest absolute Gasteiger partial charge is 0.240 e. The molecule has 0 saturated carbocycles. The Morgan fingerprint density at radius 1 is 1.45 bits per heavy atom. The summed E-state index contributed by atoms with van der Waals surface area (Å²) in [5.74, 6) is -0.144. The van der Waals surface area contributed by atoms with Crippen LogP contribution in [0.5, 0.6) is 0 Å². The van der Waals surface area contributed by atoms with Gasteiger partial charge in [-0.3, -0.25) is 4.79 Å². The average molecular weight is 319 g/mol. The van der Waals surface area contributed by atoms with Crippen molar-refractivity contribution in [3.8, 4) is 0 Å². The molecule has 0 radical (unpaired) electrons. The maximum Gasteiger partial charge on any atom is 0.240 e. The van der Waals surface area contributed by atoms with Gasteiger partial charge in [-0.25, -0.2) is 13.1 Å². The predicted octanol–water partition coefficient (Wildman–Crippen LogP) is 1.34. The minimum Gasteiger partial charge on any atom is -0.313 e. The Balaban J connectivity index is 0.00000200. The van der Waals surface area contributed by atoms with E-state index in [9.17, 15) is 13.2 Å². The zero-order chi connectivity index (χ0) is 13.9. The molecule has 1 aromatic rings. The highest BCUT2D eigenvalue weighted by Crippen LogP contribution is 2.12. The number of carbonyl (C=O) groups is 1. The number of halogens is 1. The van der Waals surface area contributed by atoms with E-state index in [0.29, 0.717) is 12.1 Å². The molecule has 1 fully saturated rings. The van der Waals surface area contributed by atoms with Crippen molar-refractivity contribution in [2.75, 3.05) is 13.1 Å². The van der Waals surface area contributed by atoms with E-state index in [4.69, 9.17) is 0 Å². The van der Waals surface area contributed by atoms with Crippen molar-refractivity contribution in [3.63, 3.8) is 0 Å². The molecule has 112 valence electrons. The summed E-state index contributed by atoms with van der Waals surface area (Å²) in [5.41, 5.74) is 0.405. The zero-order valence-corrected chi connectivity index (χ0v) is 12.9. The van der Waals surface area contributed by atoms with Gasteiger partial charge in [-0.15, -0.1) is 12.4 Å². The van der Waals surface area contributed by atoms with Gasteiger partial charge in [0.25, 0.3) is 0 Å². The van der Waals surface area contributed by atoms with E-state index in [1.165, 1.54) is 19.1 Å². The number of Topliss-reactive ketones (excluding diaryl/α,β-unsaturated/α-hetero) is 1. The first-order chi connectivity index (χ1) is 8.99. The van der Waals surface area contributed by atoms with Crippen LogP contribution in [-0.2, 0) is 10.0 Å². The number of nitrogens with one attached hydrogen (secondary N) is 2. The quantitative estimate of drug-likeness (QED) is 0.803. The minimum absolute atomic E-state index is 0. The monoisotopic (exact) mass is 318 g/mol. The molecule has 1 aliphatic heterocycles. The van der Waals surface area contributed by atoms with Gasteiger partial charge >= 0.3 is 0 Å². The molecular weight excluding hydrogens is 300 g/mol. The Morgan fingerprint density at radius 2 is 2.20 bits per heavy atom. The maximum atomic E-state index is 12.1. The second-order valence-corrected chi connectivity index (χ2v) is 6.50. The van der Waals surface area contributed by atoms with E-state index in [1.807, 2.05) is 0 Å². The Bertz CT molecular complexity index is 569. The molecule has 5 nitrogen and oxygen atoms in total. The number of rotatable bonds is 5. The lowest BCUT2D eigenvalue weighted by molar-refractivity contribution is 0.101. The van der Waals surface area contributed by atoms with Crippen molar-refractivity contribution in [3.05, 3.63) is 29.8 Å². The van der Waals surface area contributed by atoms with Crippen LogP contribution < -0.4 is 10.0 Å². The molecule has 1 heterocycles. The lowest BCUT2D eigenvalue weighted by Crippen LogP contribution is -2.37. The summed E-state index contributed by atoms with van der Waals surface area (Å²) in [7, 11) is -3.55. The van der Waals surface area contributed by atoms with Crippen LogP contribution in [0.1, 0.15) is 30.1 Å². The molecule has 20 heavy (non-hydrogen) atoms. The van der Waals surface area contributed by atoms with Gasteiger partial charge in [0.1, 0.15) is 0 Å². The Morgan fingerprint density at radius 3 is 2.80 bits per heavy atom. The van der Waals surface area contributed by atoms with Crippen molar-refractivity contribution in [1.29, 1.82) is 0 Å². The van der Waals surface area contributed by atoms with Gasteiger partial charge in [0.2, 0.25) is 10.0 Å². The second-order valence-electron chi connectivity index (χ2n) is 4.73. The van der Waals surface area contributed by atoms with Crippen molar-refractivity contribution in [2.45, 2.75) is 30.7 Å². The molecule has 7 heteroatoms. The van der Waals surface area contributed by atoms with E-state index < -0.39 is 10.0 Å². The molecule has 1 aliphatic rings. The first-order valence-electron chi connectivity index (χ1n) is 6.33. The first kappa shape index (κ1) is 17.1. The van der Waals surface area contributed by atoms with Crippen LogP contribution in [-0.4, -0.2) is 33.3 Å². The molecule has 0 aromatic heterocycles. The van der Waals surface area contributed by atoms with E-state index in [0.717, 1.165) is 19.4 Å². The third kappa shape index (κ3) is 4.28. The molecule has 2 N–H and O–H groups in total. The highest BCUT2D eigenvalue weighted by atomic mass is 35.5. The largest absolute Gasteiger partial charge is 0.313 e. The molecule has 0 amide bonds. The molecule has 1 saturated heterocycles. The van der Waals surface area contributed by atoms with Gasteiger partial charge in [-0.1, -0.05) is 12.1 Å². The fourth-order valence-electron chi connectivity index (χ4n) is 2.11.